The Morgan fingerprint density at radius 3 is 2.39 bits per heavy atom. The zero-order valence-corrected chi connectivity index (χ0v) is 12.7. The molecule has 0 atom stereocenters. The number of benzene rings is 3. The van der Waals surface area contributed by atoms with Gasteiger partial charge in [0.15, 0.2) is 0 Å². The summed E-state index contributed by atoms with van der Waals surface area (Å²) in [7, 11) is 1.57. The highest BCUT2D eigenvalue weighted by molar-refractivity contribution is 6.13. The van der Waals surface area contributed by atoms with E-state index in [9.17, 15) is 9.59 Å². The second-order valence-corrected chi connectivity index (χ2v) is 5.14. The number of fused-ring (bicyclic) bond motifs is 1. The molecule has 114 valence electrons. The van der Waals surface area contributed by atoms with Crippen LogP contribution in [0.15, 0.2) is 66.7 Å². The first-order chi connectivity index (χ1) is 11.2. The Kier molecular flexibility index (Phi) is 4.06. The first kappa shape index (κ1) is 14.8. The summed E-state index contributed by atoms with van der Waals surface area (Å²) in [5, 5.41) is 7.33. The highest BCUT2D eigenvalue weighted by Crippen LogP contribution is 2.20. The Morgan fingerprint density at radius 1 is 0.826 bits per heavy atom. The molecule has 0 aliphatic carbocycles. The molecule has 0 saturated heterocycles. The van der Waals surface area contributed by atoms with Crippen molar-refractivity contribution in [3.05, 3.63) is 77.9 Å². The molecule has 4 heteroatoms. The Hall–Kier alpha value is -3.14. The third-order valence-corrected chi connectivity index (χ3v) is 3.64. The van der Waals surface area contributed by atoms with Crippen molar-refractivity contribution in [2.45, 2.75) is 0 Å². The molecule has 0 aliphatic heterocycles. The van der Waals surface area contributed by atoms with Gasteiger partial charge < -0.3 is 10.6 Å². The Bertz CT molecular complexity index is 882. The minimum atomic E-state index is -0.198. The lowest BCUT2D eigenvalue weighted by Crippen LogP contribution is -2.18. The second kappa shape index (κ2) is 6.32. The van der Waals surface area contributed by atoms with E-state index in [-0.39, 0.29) is 11.8 Å². The fraction of sp³-hybridized carbons (Fsp3) is 0.0526. The Labute approximate surface area is 134 Å². The zero-order valence-electron chi connectivity index (χ0n) is 12.7. The topological polar surface area (TPSA) is 58.2 Å². The third kappa shape index (κ3) is 3.06. The lowest BCUT2D eigenvalue weighted by Gasteiger charge is -2.09. The molecule has 2 N–H and O–H groups in total. The number of nitrogens with one attached hydrogen (secondary N) is 2. The van der Waals surface area contributed by atoms with Crippen molar-refractivity contribution in [1.82, 2.24) is 5.32 Å². The van der Waals surface area contributed by atoms with E-state index >= 15 is 0 Å². The van der Waals surface area contributed by atoms with Crippen LogP contribution in [0, 0.1) is 0 Å². The molecule has 0 radical (unpaired) electrons. The third-order valence-electron chi connectivity index (χ3n) is 3.64. The standard InChI is InChI=1S/C19H16N2O2/c1-20-18(22)14-8-4-9-15(12-14)21-19(23)17-11-5-7-13-6-2-3-10-16(13)17/h2-12H,1H3,(H,20,22)(H,21,23). The molecule has 0 heterocycles. The van der Waals surface area contributed by atoms with Crippen LogP contribution in [0.2, 0.25) is 0 Å². The van der Waals surface area contributed by atoms with Gasteiger partial charge in [0.05, 0.1) is 0 Å². The van der Waals surface area contributed by atoms with Crippen LogP contribution in [0.4, 0.5) is 5.69 Å². The van der Waals surface area contributed by atoms with Gasteiger partial charge in [-0.15, -0.1) is 0 Å². The number of hydrogen-bond acceptors (Lipinski definition) is 2. The van der Waals surface area contributed by atoms with E-state index in [0.29, 0.717) is 16.8 Å². The van der Waals surface area contributed by atoms with Gasteiger partial charge >= 0.3 is 0 Å². The number of amides is 2. The quantitative estimate of drug-likeness (QED) is 0.778. The van der Waals surface area contributed by atoms with Crippen molar-refractivity contribution in [1.29, 1.82) is 0 Å². The highest BCUT2D eigenvalue weighted by Gasteiger charge is 2.11. The lowest BCUT2D eigenvalue weighted by atomic mass is 10.0. The zero-order chi connectivity index (χ0) is 16.2. The smallest absolute Gasteiger partial charge is 0.256 e. The summed E-state index contributed by atoms with van der Waals surface area (Å²) in [4.78, 5) is 24.2. The molecule has 0 unspecified atom stereocenters. The average molecular weight is 304 g/mol. The second-order valence-electron chi connectivity index (χ2n) is 5.14. The number of anilines is 1. The highest BCUT2D eigenvalue weighted by atomic mass is 16.2. The van der Waals surface area contributed by atoms with Crippen LogP contribution in [-0.2, 0) is 0 Å². The Balaban J connectivity index is 1.91. The maximum absolute atomic E-state index is 12.6. The summed E-state index contributed by atoms with van der Waals surface area (Å²) >= 11 is 0. The molecule has 23 heavy (non-hydrogen) atoms. The van der Waals surface area contributed by atoms with Gasteiger partial charge in [-0.05, 0) is 35.0 Å². The molecule has 0 aromatic heterocycles. The van der Waals surface area contributed by atoms with Crippen LogP contribution in [0.5, 0.6) is 0 Å². The SMILES string of the molecule is CNC(=O)c1cccc(NC(=O)c2cccc3ccccc23)c1. The first-order valence-corrected chi connectivity index (χ1v) is 7.30. The normalized spacial score (nSPS) is 10.3. The molecule has 3 rings (SSSR count). The molecule has 0 spiro atoms. The van der Waals surface area contributed by atoms with Crippen molar-refractivity contribution in [2.24, 2.45) is 0 Å². The minimum Gasteiger partial charge on any atom is -0.355 e. The molecular weight excluding hydrogens is 288 g/mol. The van der Waals surface area contributed by atoms with Gasteiger partial charge in [-0.3, -0.25) is 9.59 Å². The van der Waals surface area contributed by atoms with E-state index in [1.807, 2.05) is 36.4 Å². The van der Waals surface area contributed by atoms with Crippen molar-refractivity contribution in [3.8, 4) is 0 Å². The van der Waals surface area contributed by atoms with Gasteiger partial charge in [-0.1, -0.05) is 42.5 Å². The molecule has 0 aliphatic rings. The van der Waals surface area contributed by atoms with E-state index in [2.05, 4.69) is 10.6 Å². The summed E-state index contributed by atoms with van der Waals surface area (Å²) in [6.07, 6.45) is 0. The van der Waals surface area contributed by atoms with Crippen LogP contribution in [0.25, 0.3) is 10.8 Å². The van der Waals surface area contributed by atoms with Crippen LogP contribution in [0.3, 0.4) is 0 Å². The van der Waals surface area contributed by atoms with Crippen LogP contribution in [0.1, 0.15) is 20.7 Å². The van der Waals surface area contributed by atoms with Gasteiger partial charge in [0, 0.05) is 23.9 Å². The number of carbonyl (C=O) groups is 2. The first-order valence-electron chi connectivity index (χ1n) is 7.30. The van der Waals surface area contributed by atoms with E-state index in [4.69, 9.17) is 0 Å². The maximum atomic E-state index is 12.6. The molecule has 0 bridgehead atoms. The van der Waals surface area contributed by atoms with Gasteiger partial charge in [0.1, 0.15) is 0 Å². The summed E-state index contributed by atoms with van der Waals surface area (Å²) in [5.41, 5.74) is 1.70. The van der Waals surface area contributed by atoms with E-state index < -0.39 is 0 Å². The van der Waals surface area contributed by atoms with Gasteiger partial charge in [-0.25, -0.2) is 0 Å². The van der Waals surface area contributed by atoms with Gasteiger partial charge in [0.25, 0.3) is 11.8 Å². The van der Waals surface area contributed by atoms with Gasteiger partial charge in [0.2, 0.25) is 0 Å². The number of rotatable bonds is 3. The largest absolute Gasteiger partial charge is 0.355 e. The predicted molar refractivity (Wildman–Crippen MR) is 91.7 cm³/mol. The van der Waals surface area contributed by atoms with Crippen molar-refractivity contribution in [2.75, 3.05) is 12.4 Å². The summed E-state index contributed by atoms with van der Waals surface area (Å²) in [5.74, 6) is -0.387. The van der Waals surface area contributed by atoms with Crippen LogP contribution >= 0.6 is 0 Å². The lowest BCUT2D eigenvalue weighted by molar-refractivity contribution is 0.0961. The molecule has 0 saturated carbocycles. The van der Waals surface area contributed by atoms with E-state index in [0.717, 1.165) is 10.8 Å². The van der Waals surface area contributed by atoms with E-state index in [1.54, 1.807) is 37.4 Å². The van der Waals surface area contributed by atoms with Gasteiger partial charge in [-0.2, -0.15) is 0 Å². The maximum Gasteiger partial charge on any atom is 0.256 e. The van der Waals surface area contributed by atoms with Crippen molar-refractivity contribution >= 4 is 28.3 Å². The predicted octanol–water partition coefficient (Wildman–Crippen LogP) is 3.45. The number of carbonyl (C=O) groups excluding carboxylic acids is 2. The fourth-order valence-corrected chi connectivity index (χ4v) is 2.50. The summed E-state index contributed by atoms with van der Waals surface area (Å²) in [6, 6.07) is 20.2. The van der Waals surface area contributed by atoms with Crippen molar-refractivity contribution < 1.29 is 9.59 Å². The minimum absolute atomic E-state index is 0.189. The Morgan fingerprint density at radius 2 is 1.57 bits per heavy atom. The summed E-state index contributed by atoms with van der Waals surface area (Å²) in [6.45, 7) is 0. The van der Waals surface area contributed by atoms with E-state index in [1.165, 1.54) is 0 Å². The molecule has 3 aromatic carbocycles. The van der Waals surface area contributed by atoms with Crippen LogP contribution in [-0.4, -0.2) is 18.9 Å². The molecule has 0 fully saturated rings. The monoisotopic (exact) mass is 304 g/mol. The summed E-state index contributed by atoms with van der Waals surface area (Å²) < 4.78 is 0. The molecule has 3 aromatic rings. The molecule has 2 amide bonds. The molecular formula is C19H16N2O2. The van der Waals surface area contributed by atoms with Crippen molar-refractivity contribution in [3.63, 3.8) is 0 Å². The van der Waals surface area contributed by atoms with Crippen LogP contribution < -0.4 is 10.6 Å². The number of hydrogen-bond donors (Lipinski definition) is 2. The molecule has 4 nitrogen and oxygen atoms in total. The average Bonchev–Trinajstić information content (AvgIpc) is 2.60. The fourth-order valence-electron chi connectivity index (χ4n) is 2.50.